The molecule has 0 saturated heterocycles. The molecule has 1 amide bonds. The van der Waals surface area contributed by atoms with Crippen molar-refractivity contribution in [2.24, 2.45) is 0 Å². The molecular weight excluding hydrogens is 758 g/mol. The van der Waals surface area contributed by atoms with E-state index in [1.807, 2.05) is 59.2 Å². The maximum Gasteiger partial charge on any atom is 0.329 e. The molecule has 3 aromatic carbocycles. The third kappa shape index (κ3) is 12.6. The number of tetrazole rings is 1. The molecule has 6 N–H and O–H groups in total. The van der Waals surface area contributed by atoms with Crippen LogP contribution in [0.15, 0.2) is 66.7 Å². The molecule has 1 unspecified atom stereocenters. The fourth-order valence-electron chi connectivity index (χ4n) is 6.11. The Morgan fingerprint density at radius 3 is 2.14 bits per heavy atom. The molecule has 0 aliphatic heterocycles. The number of aromatic nitrogens is 6. The van der Waals surface area contributed by atoms with Gasteiger partial charge in [-0.2, -0.15) is 5.21 Å². The van der Waals surface area contributed by atoms with Gasteiger partial charge in [0.1, 0.15) is 11.9 Å². The van der Waals surface area contributed by atoms with Crippen LogP contribution in [0, 0.1) is 0 Å². The minimum Gasteiger partial charge on any atom is -0.466 e. The summed E-state index contributed by atoms with van der Waals surface area (Å²) in [4.78, 5) is 54.2. The summed E-state index contributed by atoms with van der Waals surface area (Å²) in [6.07, 6.45) is 3.17. The molecule has 0 saturated carbocycles. The molecule has 20 nitrogen and oxygen atoms in total. The normalized spacial score (nSPS) is 12.0. The zero-order valence-electron chi connectivity index (χ0n) is 31.9. The van der Waals surface area contributed by atoms with Crippen molar-refractivity contribution in [2.45, 2.75) is 70.9 Å². The lowest BCUT2D eigenvalue weighted by Gasteiger charge is -2.18. The van der Waals surface area contributed by atoms with E-state index in [2.05, 4.69) is 42.5 Å². The van der Waals surface area contributed by atoms with Crippen LogP contribution in [0.3, 0.4) is 0 Å². The number of fused-ring (bicyclic) bond motifs is 1. The Balaban J connectivity index is 1.36. The van der Waals surface area contributed by atoms with E-state index in [0.29, 0.717) is 49.1 Å². The number of para-hydroxylation sites is 1. The standard InChI is InChI=1S/C38H47N9O11/c1-2-3-15-33-39-31-14-10-13-30(35(31)45(33)25-26-16-18-27(19-17-26)28-11-4-5-12-29(28)36-41-43-44-42-36)37(49)40-32(38(50)56-21-7-9-23-58-47(53)54)24-34(48)55-20-6-8-22-57-46(51)52/h4-5,10-14,16-19,32,51-54H,2-3,6-9,15,20-25H2,1H3,(H,40,49)(H,41,42,43,44). The Kier molecular flexibility index (Phi) is 16.7. The third-order valence-corrected chi connectivity index (χ3v) is 8.92. The average molecular weight is 806 g/mol. The molecule has 5 aromatic rings. The molecule has 2 heterocycles. The summed E-state index contributed by atoms with van der Waals surface area (Å²) in [6.45, 7) is 2.22. The fraction of sp³-hybridized carbons (Fsp3) is 0.395. The molecule has 0 bridgehead atoms. The van der Waals surface area contributed by atoms with E-state index in [-0.39, 0.29) is 38.4 Å². The number of nitrogens with one attached hydrogen (secondary N) is 2. The molecule has 5 rings (SSSR count). The number of benzene rings is 3. The summed E-state index contributed by atoms with van der Waals surface area (Å²) in [5.41, 5.74) is 5.04. The van der Waals surface area contributed by atoms with Crippen LogP contribution in [0.25, 0.3) is 33.5 Å². The summed E-state index contributed by atoms with van der Waals surface area (Å²) in [6, 6.07) is 19.5. The Morgan fingerprint density at radius 2 is 1.48 bits per heavy atom. The van der Waals surface area contributed by atoms with Crippen LogP contribution in [-0.4, -0.2) is 112 Å². The summed E-state index contributed by atoms with van der Waals surface area (Å²) in [5.74, 6) is -1.02. The van der Waals surface area contributed by atoms with Crippen molar-refractivity contribution in [1.82, 2.24) is 46.3 Å². The Hall–Kier alpha value is -5.71. The molecule has 0 aliphatic rings. The van der Waals surface area contributed by atoms with Crippen molar-refractivity contribution in [1.29, 1.82) is 0 Å². The first-order valence-corrected chi connectivity index (χ1v) is 18.8. The number of imidazole rings is 1. The van der Waals surface area contributed by atoms with Gasteiger partial charge in [0.05, 0.1) is 60.2 Å². The molecule has 0 radical (unpaired) electrons. The number of unbranched alkanes of at least 4 members (excludes halogenated alkanes) is 3. The van der Waals surface area contributed by atoms with Crippen molar-refractivity contribution >= 4 is 28.9 Å². The van der Waals surface area contributed by atoms with Crippen LogP contribution in [0.4, 0.5) is 0 Å². The largest absolute Gasteiger partial charge is 0.466 e. The van der Waals surface area contributed by atoms with E-state index in [9.17, 15) is 14.4 Å². The highest BCUT2D eigenvalue weighted by Gasteiger charge is 2.28. The SMILES string of the molecule is CCCCc1nc2cccc(C(=O)NC(CC(=O)OCCCCON(O)O)C(=O)OCCCCON(O)O)c2n1Cc1ccc(-c2ccccc2-c2nn[nH]n2)cc1. The highest BCUT2D eigenvalue weighted by Crippen LogP contribution is 2.30. The summed E-state index contributed by atoms with van der Waals surface area (Å²) in [7, 11) is 0. The highest BCUT2D eigenvalue weighted by molar-refractivity contribution is 6.06. The molecule has 310 valence electrons. The molecule has 2 aromatic heterocycles. The molecule has 1 atom stereocenters. The zero-order chi connectivity index (χ0) is 41.3. The number of hydrogen-bond donors (Lipinski definition) is 6. The van der Waals surface area contributed by atoms with E-state index >= 15 is 0 Å². The minimum atomic E-state index is -1.42. The summed E-state index contributed by atoms with van der Waals surface area (Å²) >= 11 is 0. The van der Waals surface area contributed by atoms with Gasteiger partial charge in [-0.3, -0.25) is 40.1 Å². The first-order valence-electron chi connectivity index (χ1n) is 18.8. The van der Waals surface area contributed by atoms with Crippen molar-refractivity contribution in [3.05, 3.63) is 83.7 Å². The van der Waals surface area contributed by atoms with Gasteiger partial charge in [-0.25, -0.2) is 9.78 Å². The predicted molar refractivity (Wildman–Crippen MR) is 201 cm³/mol. The number of carbonyl (C=O) groups is 3. The number of H-pyrrole nitrogens is 1. The Labute approximate surface area is 332 Å². The van der Waals surface area contributed by atoms with Gasteiger partial charge in [0, 0.05) is 18.5 Å². The zero-order valence-corrected chi connectivity index (χ0v) is 31.9. The third-order valence-electron chi connectivity index (χ3n) is 8.92. The molecule has 0 fully saturated rings. The number of rotatable bonds is 24. The van der Waals surface area contributed by atoms with Crippen molar-refractivity contribution in [2.75, 3.05) is 26.4 Å². The van der Waals surface area contributed by atoms with Crippen molar-refractivity contribution < 1.29 is 54.4 Å². The van der Waals surface area contributed by atoms with Crippen LogP contribution >= 0.6 is 0 Å². The number of aromatic amines is 1. The van der Waals surface area contributed by atoms with Crippen LogP contribution in [0.1, 0.15) is 73.6 Å². The van der Waals surface area contributed by atoms with Gasteiger partial charge in [0.15, 0.2) is 0 Å². The van der Waals surface area contributed by atoms with Crippen molar-refractivity contribution in [3.8, 4) is 22.5 Å². The van der Waals surface area contributed by atoms with Gasteiger partial charge < -0.3 is 19.4 Å². The second-order valence-electron chi connectivity index (χ2n) is 13.1. The van der Waals surface area contributed by atoms with Crippen LogP contribution in [0.2, 0.25) is 0 Å². The van der Waals surface area contributed by atoms with E-state index in [1.54, 1.807) is 12.1 Å². The smallest absolute Gasteiger partial charge is 0.329 e. The lowest BCUT2D eigenvalue weighted by molar-refractivity contribution is -0.492. The van der Waals surface area contributed by atoms with E-state index in [1.165, 1.54) is 0 Å². The minimum absolute atomic E-state index is 0.0417. The fourth-order valence-corrected chi connectivity index (χ4v) is 6.11. The monoisotopic (exact) mass is 805 g/mol. The first kappa shape index (κ1) is 43.4. The van der Waals surface area contributed by atoms with Gasteiger partial charge in [-0.15, -0.1) is 10.2 Å². The molecule has 0 spiro atoms. The number of hydrogen-bond acceptors (Lipinski definition) is 17. The lowest BCUT2D eigenvalue weighted by Crippen LogP contribution is -2.43. The maximum absolute atomic E-state index is 14.1. The summed E-state index contributed by atoms with van der Waals surface area (Å²) in [5, 5.41) is 51.0. The second kappa shape index (κ2) is 22.3. The highest BCUT2D eigenvalue weighted by atomic mass is 17.1. The van der Waals surface area contributed by atoms with Gasteiger partial charge >= 0.3 is 11.9 Å². The van der Waals surface area contributed by atoms with E-state index in [4.69, 9.17) is 35.3 Å². The lowest BCUT2D eigenvalue weighted by atomic mass is 9.98. The Bertz CT molecular complexity index is 2060. The average Bonchev–Trinajstić information content (AvgIpc) is 3.88. The number of amides is 1. The van der Waals surface area contributed by atoms with Gasteiger partial charge in [0.2, 0.25) is 5.82 Å². The maximum atomic E-state index is 14.1. The van der Waals surface area contributed by atoms with Crippen LogP contribution < -0.4 is 5.32 Å². The first-order chi connectivity index (χ1) is 28.1. The number of esters is 2. The van der Waals surface area contributed by atoms with Gasteiger partial charge in [-0.1, -0.05) is 67.9 Å². The number of ether oxygens (including phenoxy) is 2. The quantitative estimate of drug-likeness (QED) is 0.0286. The molecule has 0 aliphatic carbocycles. The second-order valence-corrected chi connectivity index (χ2v) is 13.1. The number of carbonyl (C=O) groups excluding carboxylic acids is 3. The molecule has 58 heavy (non-hydrogen) atoms. The molecular formula is C38H47N9O11. The van der Waals surface area contributed by atoms with E-state index < -0.39 is 41.1 Å². The van der Waals surface area contributed by atoms with Gasteiger partial charge in [-0.05, 0) is 66.1 Å². The summed E-state index contributed by atoms with van der Waals surface area (Å²) < 4.78 is 12.7. The predicted octanol–water partition coefficient (Wildman–Crippen LogP) is 4.43. The number of aryl methyl sites for hydroxylation is 1. The topological polar surface area (TPSA) is 260 Å². The van der Waals surface area contributed by atoms with Crippen LogP contribution in [-0.2, 0) is 41.7 Å². The van der Waals surface area contributed by atoms with Gasteiger partial charge in [0.25, 0.3) is 5.91 Å². The van der Waals surface area contributed by atoms with Crippen molar-refractivity contribution in [3.63, 3.8) is 0 Å². The van der Waals surface area contributed by atoms with Crippen LogP contribution in [0.5, 0.6) is 0 Å². The van der Waals surface area contributed by atoms with E-state index in [0.717, 1.165) is 40.9 Å². The Morgan fingerprint density at radius 1 is 0.810 bits per heavy atom. The number of nitrogens with zero attached hydrogens (tertiary/aromatic N) is 7. The molecule has 20 heteroatoms.